The third kappa shape index (κ3) is 4.49. The van der Waals surface area contributed by atoms with Crippen molar-refractivity contribution in [2.75, 3.05) is 24.7 Å². The fourth-order valence-corrected chi connectivity index (χ4v) is 3.58. The summed E-state index contributed by atoms with van der Waals surface area (Å²) in [5.74, 6) is -0.945. The average molecular weight is 250 g/mol. The van der Waals surface area contributed by atoms with Gasteiger partial charge in [-0.25, -0.2) is 8.42 Å². The highest BCUT2D eigenvalue weighted by Gasteiger charge is 2.47. The number of sulfone groups is 1. The summed E-state index contributed by atoms with van der Waals surface area (Å²) in [7, 11) is -3.18. The number of carbonyl (C=O) groups is 1. The van der Waals surface area contributed by atoms with Crippen LogP contribution in [0.2, 0.25) is 0 Å². The maximum absolute atomic E-state index is 11.7. The molecule has 1 rings (SSSR count). The van der Waals surface area contributed by atoms with Crippen LogP contribution in [0.4, 0.5) is 0 Å². The molecule has 16 heavy (non-hydrogen) atoms. The van der Waals surface area contributed by atoms with Crippen molar-refractivity contribution in [2.45, 2.75) is 26.2 Å². The lowest BCUT2D eigenvalue weighted by atomic mass is 10.1. The fraction of sp³-hybridized carbons (Fsp3) is 0.900. The molecule has 1 aliphatic rings. The first-order valence-corrected chi connectivity index (χ1v) is 7.21. The molecular formula is C10H18O5S. The van der Waals surface area contributed by atoms with Gasteiger partial charge in [-0.05, 0) is 25.2 Å². The Labute approximate surface area is 95.7 Å². The van der Waals surface area contributed by atoms with Crippen LogP contribution in [0, 0.1) is 5.41 Å². The van der Waals surface area contributed by atoms with Crippen molar-refractivity contribution in [1.29, 1.82) is 0 Å². The lowest BCUT2D eigenvalue weighted by Gasteiger charge is -2.12. The molecule has 0 heterocycles. The molecule has 0 unspecified atom stereocenters. The Hall–Kier alpha value is -0.620. The standard InChI is InChI=1S/C10H18O5S/c1-2-15-5-6-16(13,14)8-10(3-4-10)7-9(11)12/h2-8H2,1H3,(H,11,12). The molecule has 0 saturated heterocycles. The summed E-state index contributed by atoms with van der Waals surface area (Å²) >= 11 is 0. The molecule has 0 radical (unpaired) electrons. The first kappa shape index (κ1) is 13.4. The van der Waals surface area contributed by atoms with Gasteiger partial charge in [-0.1, -0.05) is 0 Å². The molecule has 0 atom stereocenters. The number of ether oxygens (including phenoxy) is 1. The molecule has 1 aliphatic carbocycles. The fourth-order valence-electron chi connectivity index (χ4n) is 1.74. The largest absolute Gasteiger partial charge is 0.481 e. The van der Waals surface area contributed by atoms with Gasteiger partial charge in [0.25, 0.3) is 0 Å². The van der Waals surface area contributed by atoms with Crippen molar-refractivity contribution in [3.05, 3.63) is 0 Å². The van der Waals surface area contributed by atoms with Crippen LogP contribution in [0.5, 0.6) is 0 Å². The highest BCUT2D eigenvalue weighted by atomic mass is 32.2. The van der Waals surface area contributed by atoms with E-state index < -0.39 is 21.2 Å². The second-order valence-electron chi connectivity index (χ2n) is 4.36. The maximum atomic E-state index is 11.7. The quantitative estimate of drug-likeness (QED) is 0.641. The zero-order chi connectivity index (χ0) is 12.2. The van der Waals surface area contributed by atoms with Crippen molar-refractivity contribution < 1.29 is 23.1 Å². The van der Waals surface area contributed by atoms with Gasteiger partial charge in [0.05, 0.1) is 24.5 Å². The summed E-state index contributed by atoms with van der Waals surface area (Å²) in [6.07, 6.45) is 1.36. The van der Waals surface area contributed by atoms with Gasteiger partial charge in [-0.2, -0.15) is 0 Å². The monoisotopic (exact) mass is 250 g/mol. The van der Waals surface area contributed by atoms with Gasteiger partial charge in [0, 0.05) is 6.61 Å². The smallest absolute Gasteiger partial charge is 0.303 e. The molecule has 6 heteroatoms. The molecule has 0 spiro atoms. The van der Waals surface area contributed by atoms with E-state index in [4.69, 9.17) is 9.84 Å². The molecule has 94 valence electrons. The van der Waals surface area contributed by atoms with Crippen LogP contribution in [-0.2, 0) is 19.4 Å². The van der Waals surface area contributed by atoms with E-state index in [1.54, 1.807) is 6.92 Å². The molecule has 0 aromatic rings. The third-order valence-corrected chi connectivity index (χ3v) is 4.59. The molecule has 1 saturated carbocycles. The number of hydrogen-bond donors (Lipinski definition) is 1. The predicted molar refractivity (Wildman–Crippen MR) is 59.1 cm³/mol. The summed E-state index contributed by atoms with van der Waals surface area (Å²) in [6, 6.07) is 0. The van der Waals surface area contributed by atoms with Gasteiger partial charge in [0.15, 0.2) is 9.84 Å². The van der Waals surface area contributed by atoms with E-state index in [1.807, 2.05) is 0 Å². The Morgan fingerprint density at radius 1 is 1.44 bits per heavy atom. The van der Waals surface area contributed by atoms with E-state index in [1.165, 1.54) is 0 Å². The lowest BCUT2D eigenvalue weighted by Crippen LogP contribution is -2.24. The van der Waals surface area contributed by atoms with Gasteiger partial charge < -0.3 is 9.84 Å². The molecule has 0 aromatic heterocycles. The minimum Gasteiger partial charge on any atom is -0.481 e. The van der Waals surface area contributed by atoms with E-state index in [0.29, 0.717) is 19.4 Å². The summed E-state index contributed by atoms with van der Waals surface area (Å²) in [4.78, 5) is 10.6. The van der Waals surface area contributed by atoms with Crippen molar-refractivity contribution in [3.63, 3.8) is 0 Å². The van der Waals surface area contributed by atoms with Crippen molar-refractivity contribution in [3.8, 4) is 0 Å². The topological polar surface area (TPSA) is 80.7 Å². The molecule has 0 bridgehead atoms. The van der Waals surface area contributed by atoms with Gasteiger partial charge in [0.2, 0.25) is 0 Å². The zero-order valence-corrected chi connectivity index (χ0v) is 10.3. The van der Waals surface area contributed by atoms with Gasteiger partial charge in [-0.15, -0.1) is 0 Å². The van der Waals surface area contributed by atoms with Crippen LogP contribution in [-0.4, -0.2) is 44.2 Å². The highest BCUT2D eigenvalue weighted by Crippen LogP contribution is 2.49. The number of rotatable bonds is 8. The van der Waals surface area contributed by atoms with Crippen molar-refractivity contribution >= 4 is 15.8 Å². The first-order valence-electron chi connectivity index (χ1n) is 5.39. The maximum Gasteiger partial charge on any atom is 0.303 e. The Bertz CT molecular complexity index is 342. The van der Waals surface area contributed by atoms with E-state index in [2.05, 4.69) is 0 Å². The van der Waals surface area contributed by atoms with Gasteiger partial charge >= 0.3 is 5.97 Å². The Morgan fingerprint density at radius 3 is 2.50 bits per heavy atom. The number of carboxylic acid groups (broad SMARTS) is 1. The van der Waals surface area contributed by atoms with Crippen molar-refractivity contribution in [2.24, 2.45) is 5.41 Å². The van der Waals surface area contributed by atoms with Crippen LogP contribution >= 0.6 is 0 Å². The Balaban J connectivity index is 2.43. The average Bonchev–Trinajstić information content (AvgIpc) is 2.82. The summed E-state index contributed by atoms with van der Waals surface area (Å²) in [5.41, 5.74) is -0.489. The van der Waals surface area contributed by atoms with Crippen LogP contribution in [0.3, 0.4) is 0 Å². The minimum atomic E-state index is -3.18. The summed E-state index contributed by atoms with van der Waals surface area (Å²) < 4.78 is 28.3. The predicted octanol–water partition coefficient (Wildman–Crippen LogP) is 0.693. The molecule has 1 fully saturated rings. The highest BCUT2D eigenvalue weighted by molar-refractivity contribution is 7.91. The molecule has 0 amide bonds. The number of carboxylic acids is 1. The summed E-state index contributed by atoms with van der Waals surface area (Å²) in [5, 5.41) is 8.68. The van der Waals surface area contributed by atoms with E-state index in [9.17, 15) is 13.2 Å². The Kier molecular flexibility index (Phi) is 4.32. The van der Waals surface area contributed by atoms with E-state index in [-0.39, 0.29) is 24.5 Å². The van der Waals surface area contributed by atoms with Gasteiger partial charge in [0.1, 0.15) is 0 Å². The normalized spacial score (nSPS) is 18.3. The van der Waals surface area contributed by atoms with Crippen LogP contribution < -0.4 is 0 Å². The number of hydrogen-bond acceptors (Lipinski definition) is 4. The molecule has 0 aliphatic heterocycles. The number of aliphatic carboxylic acids is 1. The third-order valence-electron chi connectivity index (χ3n) is 2.75. The van der Waals surface area contributed by atoms with Crippen molar-refractivity contribution in [1.82, 2.24) is 0 Å². The molecule has 0 aromatic carbocycles. The molecular weight excluding hydrogens is 232 g/mol. The zero-order valence-electron chi connectivity index (χ0n) is 9.44. The van der Waals surface area contributed by atoms with E-state index in [0.717, 1.165) is 0 Å². The van der Waals surface area contributed by atoms with Crippen LogP contribution in [0.1, 0.15) is 26.2 Å². The minimum absolute atomic E-state index is 0.0117. The summed E-state index contributed by atoms with van der Waals surface area (Å²) in [6.45, 7) is 2.50. The molecule has 5 nitrogen and oxygen atoms in total. The Morgan fingerprint density at radius 2 is 2.06 bits per heavy atom. The van der Waals surface area contributed by atoms with E-state index >= 15 is 0 Å². The second kappa shape index (κ2) is 5.14. The van der Waals surface area contributed by atoms with Crippen LogP contribution in [0.25, 0.3) is 0 Å². The second-order valence-corrected chi connectivity index (χ2v) is 6.54. The first-order chi connectivity index (χ1) is 7.39. The van der Waals surface area contributed by atoms with Crippen LogP contribution in [0.15, 0.2) is 0 Å². The van der Waals surface area contributed by atoms with Gasteiger partial charge in [-0.3, -0.25) is 4.79 Å². The lowest BCUT2D eigenvalue weighted by molar-refractivity contribution is -0.138. The SMILES string of the molecule is CCOCCS(=O)(=O)CC1(CC(=O)O)CC1. The molecule has 1 N–H and O–H groups in total.